The van der Waals surface area contributed by atoms with Crippen molar-refractivity contribution >= 4 is 23.4 Å². The number of fused-ring (bicyclic) bond motifs is 2. The van der Waals surface area contributed by atoms with Crippen molar-refractivity contribution in [2.24, 2.45) is 4.99 Å². The van der Waals surface area contributed by atoms with Crippen molar-refractivity contribution in [1.29, 1.82) is 0 Å². The molecule has 2 aliphatic rings. The van der Waals surface area contributed by atoms with Gasteiger partial charge in [-0.25, -0.2) is 4.79 Å². The van der Waals surface area contributed by atoms with E-state index in [0.717, 1.165) is 41.0 Å². The number of aryl methyl sites for hydroxylation is 1. The molecule has 4 heteroatoms. The van der Waals surface area contributed by atoms with E-state index >= 15 is 0 Å². The van der Waals surface area contributed by atoms with Gasteiger partial charge >= 0.3 is 5.97 Å². The van der Waals surface area contributed by atoms with Crippen molar-refractivity contribution in [2.75, 3.05) is 13.7 Å². The van der Waals surface area contributed by atoms with Gasteiger partial charge in [0.25, 0.3) is 0 Å². The van der Waals surface area contributed by atoms with E-state index in [4.69, 9.17) is 9.73 Å². The van der Waals surface area contributed by atoms with Gasteiger partial charge in [-0.15, -0.1) is 0 Å². The third-order valence-electron chi connectivity index (χ3n) is 5.10. The number of carbonyl (C=O) groups is 1. The van der Waals surface area contributed by atoms with Gasteiger partial charge in [-0.1, -0.05) is 48.5 Å². The summed E-state index contributed by atoms with van der Waals surface area (Å²) < 4.78 is 5.11. The summed E-state index contributed by atoms with van der Waals surface area (Å²) in [5, 5.41) is 3.45. The van der Waals surface area contributed by atoms with Crippen molar-refractivity contribution in [2.45, 2.75) is 18.8 Å². The molecule has 0 radical (unpaired) electrons. The molecular weight excluding hydrogens is 312 g/mol. The van der Waals surface area contributed by atoms with E-state index in [1.165, 1.54) is 7.11 Å². The predicted molar refractivity (Wildman–Crippen MR) is 99.0 cm³/mol. The molecule has 2 heterocycles. The van der Waals surface area contributed by atoms with E-state index in [1.807, 2.05) is 36.5 Å². The highest BCUT2D eigenvalue weighted by Gasteiger charge is 2.46. The van der Waals surface area contributed by atoms with E-state index in [1.54, 1.807) is 0 Å². The third kappa shape index (κ3) is 2.29. The SMILES string of the molecule is COC(=O)/C(=C1\NCCC12C=Nc1c(C)cccc12)c1ccccc1. The van der Waals surface area contributed by atoms with Crippen LogP contribution in [-0.4, -0.2) is 25.8 Å². The van der Waals surface area contributed by atoms with Gasteiger partial charge in [0.2, 0.25) is 0 Å². The average molecular weight is 332 g/mol. The van der Waals surface area contributed by atoms with Crippen LogP contribution in [0.25, 0.3) is 5.57 Å². The van der Waals surface area contributed by atoms with E-state index in [-0.39, 0.29) is 11.4 Å². The van der Waals surface area contributed by atoms with Gasteiger partial charge in [-0.3, -0.25) is 4.99 Å². The van der Waals surface area contributed by atoms with E-state index < -0.39 is 0 Å². The maximum Gasteiger partial charge on any atom is 0.340 e. The summed E-state index contributed by atoms with van der Waals surface area (Å²) in [5.74, 6) is -0.329. The van der Waals surface area contributed by atoms with Crippen molar-refractivity contribution < 1.29 is 9.53 Å². The van der Waals surface area contributed by atoms with Gasteiger partial charge in [0.1, 0.15) is 0 Å². The summed E-state index contributed by atoms with van der Waals surface area (Å²) >= 11 is 0. The highest BCUT2D eigenvalue weighted by Crippen LogP contribution is 2.48. The summed E-state index contributed by atoms with van der Waals surface area (Å²) in [6.07, 6.45) is 2.86. The lowest BCUT2D eigenvalue weighted by Crippen LogP contribution is -2.29. The van der Waals surface area contributed by atoms with Gasteiger partial charge < -0.3 is 10.1 Å². The summed E-state index contributed by atoms with van der Waals surface area (Å²) in [4.78, 5) is 17.3. The summed E-state index contributed by atoms with van der Waals surface area (Å²) in [6.45, 7) is 2.86. The molecule has 4 nitrogen and oxygen atoms in total. The lowest BCUT2D eigenvalue weighted by atomic mass is 9.76. The maximum atomic E-state index is 12.7. The Morgan fingerprint density at radius 2 is 1.96 bits per heavy atom. The summed E-state index contributed by atoms with van der Waals surface area (Å²) in [5.41, 5.74) is 5.26. The van der Waals surface area contributed by atoms with Crippen LogP contribution in [0.5, 0.6) is 0 Å². The lowest BCUT2D eigenvalue weighted by Gasteiger charge is -2.25. The zero-order valence-electron chi connectivity index (χ0n) is 14.4. The van der Waals surface area contributed by atoms with Crippen LogP contribution in [0, 0.1) is 6.92 Å². The van der Waals surface area contributed by atoms with Crippen LogP contribution < -0.4 is 5.32 Å². The number of rotatable bonds is 2. The van der Waals surface area contributed by atoms with Crippen LogP contribution in [-0.2, 0) is 14.9 Å². The number of hydrogen-bond acceptors (Lipinski definition) is 4. The Kier molecular flexibility index (Phi) is 3.68. The molecule has 4 rings (SSSR count). The van der Waals surface area contributed by atoms with E-state index in [0.29, 0.717) is 5.57 Å². The average Bonchev–Trinajstić information content (AvgIpc) is 3.23. The standard InChI is InChI=1S/C21H20N2O2/c1-14-7-6-10-16-18(14)23-13-21(16)11-12-22-19(21)17(20(24)25-2)15-8-4-3-5-9-15/h3-10,13,22H,11-12H2,1-2H3/b19-17-. The minimum absolute atomic E-state index is 0.329. The molecule has 0 amide bonds. The van der Waals surface area contributed by atoms with Gasteiger partial charge in [0.05, 0.1) is 23.8 Å². The van der Waals surface area contributed by atoms with E-state index in [9.17, 15) is 4.79 Å². The Hall–Kier alpha value is -2.88. The molecule has 0 aromatic heterocycles. The molecule has 25 heavy (non-hydrogen) atoms. The molecule has 1 fully saturated rings. The van der Waals surface area contributed by atoms with Crippen LogP contribution in [0.3, 0.4) is 0 Å². The van der Waals surface area contributed by atoms with Gasteiger partial charge in [-0.05, 0) is 30.0 Å². The molecule has 0 saturated carbocycles. The smallest absolute Gasteiger partial charge is 0.340 e. The molecule has 126 valence electrons. The van der Waals surface area contributed by atoms with Gasteiger partial charge in [0, 0.05) is 18.5 Å². The number of aliphatic imine (C=N–C) groups is 1. The number of nitrogens with one attached hydrogen (secondary N) is 1. The number of allylic oxidation sites excluding steroid dienone is 1. The Bertz CT molecular complexity index is 899. The van der Waals surface area contributed by atoms with Crippen LogP contribution in [0.15, 0.2) is 59.2 Å². The second-order valence-electron chi connectivity index (χ2n) is 6.49. The Morgan fingerprint density at radius 1 is 1.16 bits per heavy atom. The first-order valence-corrected chi connectivity index (χ1v) is 8.45. The van der Waals surface area contributed by atoms with Crippen molar-refractivity contribution in [3.05, 3.63) is 70.9 Å². The number of esters is 1. The Labute approximate surface area is 147 Å². The number of hydrogen-bond donors (Lipinski definition) is 1. The van der Waals surface area contributed by atoms with Crippen LogP contribution in [0.2, 0.25) is 0 Å². The molecule has 2 aliphatic heterocycles. The maximum absolute atomic E-state index is 12.7. The Morgan fingerprint density at radius 3 is 2.72 bits per heavy atom. The molecule has 0 bridgehead atoms. The van der Waals surface area contributed by atoms with Crippen molar-refractivity contribution in [3.63, 3.8) is 0 Å². The van der Waals surface area contributed by atoms with Crippen LogP contribution in [0.1, 0.15) is 23.1 Å². The zero-order chi connectivity index (χ0) is 17.4. The number of nitrogens with zero attached hydrogens (tertiary/aromatic N) is 1. The fourth-order valence-electron chi connectivity index (χ4n) is 3.88. The largest absolute Gasteiger partial charge is 0.465 e. The van der Waals surface area contributed by atoms with E-state index in [2.05, 4.69) is 30.4 Å². The van der Waals surface area contributed by atoms with Gasteiger partial charge in [-0.2, -0.15) is 0 Å². The first-order chi connectivity index (χ1) is 12.2. The molecule has 0 aliphatic carbocycles. The zero-order valence-corrected chi connectivity index (χ0v) is 14.4. The minimum Gasteiger partial charge on any atom is -0.465 e. The molecule has 1 unspecified atom stereocenters. The van der Waals surface area contributed by atoms with Crippen LogP contribution in [0.4, 0.5) is 5.69 Å². The first-order valence-electron chi connectivity index (χ1n) is 8.45. The predicted octanol–water partition coefficient (Wildman–Crippen LogP) is 3.53. The quantitative estimate of drug-likeness (QED) is 0.676. The van der Waals surface area contributed by atoms with Crippen molar-refractivity contribution in [3.8, 4) is 0 Å². The number of ether oxygens (including phenoxy) is 1. The molecule has 2 aromatic carbocycles. The molecule has 1 atom stereocenters. The number of methoxy groups -OCH3 is 1. The summed E-state index contributed by atoms with van der Waals surface area (Å²) in [6, 6.07) is 15.9. The fourth-order valence-corrected chi connectivity index (χ4v) is 3.88. The number of para-hydroxylation sites is 1. The highest BCUT2D eigenvalue weighted by atomic mass is 16.5. The fraction of sp³-hybridized carbons (Fsp3) is 0.238. The molecule has 1 N–H and O–H groups in total. The van der Waals surface area contributed by atoms with Crippen molar-refractivity contribution in [1.82, 2.24) is 5.32 Å². The minimum atomic E-state index is -0.388. The normalized spacial score (nSPS) is 22.6. The third-order valence-corrected chi connectivity index (χ3v) is 5.10. The number of benzene rings is 2. The molecule has 1 spiro atoms. The molecule has 1 saturated heterocycles. The van der Waals surface area contributed by atoms with Crippen LogP contribution >= 0.6 is 0 Å². The second-order valence-corrected chi connectivity index (χ2v) is 6.49. The summed E-state index contributed by atoms with van der Waals surface area (Å²) in [7, 11) is 1.42. The molecule has 2 aromatic rings. The highest BCUT2D eigenvalue weighted by molar-refractivity contribution is 6.19. The number of carbonyl (C=O) groups excluding carboxylic acids is 1. The first kappa shape index (κ1) is 15.6. The monoisotopic (exact) mass is 332 g/mol. The van der Waals surface area contributed by atoms with Gasteiger partial charge in [0.15, 0.2) is 0 Å². The Balaban J connectivity index is 1.98. The second kappa shape index (κ2) is 5.88. The topological polar surface area (TPSA) is 50.7 Å². The lowest BCUT2D eigenvalue weighted by molar-refractivity contribution is -0.133. The molecular formula is C21H20N2O2.